The minimum absolute atomic E-state index is 0.162. The van der Waals surface area contributed by atoms with Gasteiger partial charge in [0.15, 0.2) is 0 Å². The Hall–Kier alpha value is -6.38. The minimum atomic E-state index is -0.162. The van der Waals surface area contributed by atoms with E-state index in [-0.39, 0.29) is 5.41 Å². The van der Waals surface area contributed by atoms with Crippen LogP contribution in [0.4, 0.5) is 17.1 Å². The topological polar surface area (TPSA) is 8.17 Å². The van der Waals surface area contributed by atoms with Gasteiger partial charge < -0.3 is 9.47 Å². The highest BCUT2D eigenvalue weighted by Gasteiger charge is 2.38. The van der Waals surface area contributed by atoms with Gasteiger partial charge >= 0.3 is 0 Å². The largest absolute Gasteiger partial charge is 0.310 e. The van der Waals surface area contributed by atoms with Gasteiger partial charge in [0.1, 0.15) is 0 Å². The summed E-state index contributed by atoms with van der Waals surface area (Å²) in [7, 11) is 0. The maximum absolute atomic E-state index is 2.51. The summed E-state index contributed by atoms with van der Waals surface area (Å²) >= 11 is 0. The molecule has 0 unspecified atom stereocenters. The molecule has 0 spiro atoms. The fraction of sp³-hybridized carbons (Fsp3) is 0.132. The summed E-state index contributed by atoms with van der Waals surface area (Å²) in [6.45, 7) is 4.83. The molecule has 55 heavy (non-hydrogen) atoms. The van der Waals surface area contributed by atoms with E-state index in [4.69, 9.17) is 0 Å². The van der Waals surface area contributed by atoms with Crippen molar-refractivity contribution in [1.29, 1.82) is 0 Å². The molecule has 2 nitrogen and oxygen atoms in total. The fourth-order valence-electron chi connectivity index (χ4n) is 9.89. The molecule has 0 bridgehead atoms. The maximum Gasteiger partial charge on any atom is 0.0561 e. The van der Waals surface area contributed by atoms with Crippen LogP contribution in [0.15, 0.2) is 170 Å². The molecule has 1 heterocycles. The van der Waals surface area contributed by atoms with E-state index < -0.39 is 0 Å². The summed E-state index contributed by atoms with van der Waals surface area (Å²) in [6.07, 6.45) is 4.80. The van der Waals surface area contributed by atoms with Crippen molar-refractivity contribution >= 4 is 49.6 Å². The van der Waals surface area contributed by atoms with Gasteiger partial charge in [-0.1, -0.05) is 129 Å². The Morgan fingerprint density at radius 1 is 0.473 bits per heavy atom. The lowest BCUT2D eigenvalue weighted by Crippen LogP contribution is -2.17. The number of hydrogen-bond donors (Lipinski definition) is 0. The number of hydrogen-bond acceptors (Lipinski definition) is 1. The molecule has 9 aromatic rings. The molecule has 2 heteroatoms. The monoisotopic (exact) mass is 706 g/mol. The molecule has 2 aliphatic rings. The lowest BCUT2D eigenvalue weighted by Gasteiger charge is -2.30. The highest BCUT2D eigenvalue weighted by molar-refractivity contribution is 6.10. The van der Waals surface area contributed by atoms with Gasteiger partial charge in [-0.15, -0.1) is 0 Å². The predicted octanol–water partition coefficient (Wildman–Crippen LogP) is 14.3. The maximum atomic E-state index is 2.51. The summed E-state index contributed by atoms with van der Waals surface area (Å²) in [5.41, 5.74) is 18.2. The number of aromatic nitrogens is 1. The summed E-state index contributed by atoms with van der Waals surface area (Å²) in [6, 6.07) is 63.5. The van der Waals surface area contributed by atoms with Crippen molar-refractivity contribution in [1.82, 2.24) is 4.57 Å². The van der Waals surface area contributed by atoms with Gasteiger partial charge in [0.25, 0.3) is 0 Å². The highest BCUT2D eigenvalue weighted by atomic mass is 15.1. The first-order valence-corrected chi connectivity index (χ1v) is 19.8. The van der Waals surface area contributed by atoms with Crippen LogP contribution in [0.5, 0.6) is 0 Å². The van der Waals surface area contributed by atoms with Gasteiger partial charge in [0.2, 0.25) is 0 Å². The summed E-state index contributed by atoms with van der Waals surface area (Å²) in [4.78, 5) is 2.51. The van der Waals surface area contributed by atoms with Crippen molar-refractivity contribution in [3.8, 4) is 27.9 Å². The normalized spacial score (nSPS) is 14.2. The van der Waals surface area contributed by atoms with E-state index in [0.29, 0.717) is 0 Å². The lowest BCUT2D eigenvalue weighted by atomic mass is 9.80. The second kappa shape index (κ2) is 12.3. The van der Waals surface area contributed by atoms with Crippen molar-refractivity contribution in [3.05, 3.63) is 192 Å². The first kappa shape index (κ1) is 32.1. The molecule has 0 aliphatic heterocycles. The SMILES string of the molecule is CC1(C)c2ccccc2-c2c(-c3cccc4c3CCCC4)cc(N(c3ccc4ccccc4c3)c3ccc4c5ccccc5n(-c5ccccc5)c4c3)cc21. The van der Waals surface area contributed by atoms with E-state index in [9.17, 15) is 0 Å². The molecule has 8 aromatic carbocycles. The highest BCUT2D eigenvalue weighted by Crippen LogP contribution is 2.55. The van der Waals surface area contributed by atoms with Crippen molar-refractivity contribution in [3.63, 3.8) is 0 Å². The Bertz CT molecular complexity index is 2960. The molecule has 264 valence electrons. The molecule has 2 aliphatic carbocycles. The van der Waals surface area contributed by atoms with Gasteiger partial charge in [0.05, 0.1) is 11.0 Å². The van der Waals surface area contributed by atoms with E-state index in [0.717, 1.165) is 29.9 Å². The Morgan fingerprint density at radius 3 is 2.09 bits per heavy atom. The number of fused-ring (bicyclic) bond motifs is 8. The number of anilines is 3. The molecule has 0 saturated carbocycles. The molecule has 1 aromatic heterocycles. The summed E-state index contributed by atoms with van der Waals surface area (Å²) in [5, 5.41) is 4.99. The number of aryl methyl sites for hydroxylation is 1. The van der Waals surface area contributed by atoms with E-state index >= 15 is 0 Å². The first-order valence-electron chi connectivity index (χ1n) is 19.8. The van der Waals surface area contributed by atoms with Gasteiger partial charge in [-0.3, -0.25) is 0 Å². The van der Waals surface area contributed by atoms with E-state index in [1.54, 1.807) is 0 Å². The van der Waals surface area contributed by atoms with Crippen molar-refractivity contribution in [2.24, 2.45) is 0 Å². The van der Waals surface area contributed by atoms with Crippen LogP contribution in [0, 0.1) is 0 Å². The molecule has 0 saturated heterocycles. The van der Waals surface area contributed by atoms with Crippen LogP contribution in [0.1, 0.15) is 48.9 Å². The Balaban J connectivity index is 1.22. The van der Waals surface area contributed by atoms with E-state index in [1.807, 2.05) is 0 Å². The average molecular weight is 707 g/mol. The lowest BCUT2D eigenvalue weighted by molar-refractivity contribution is 0.660. The number of rotatable bonds is 5. The second-order valence-electron chi connectivity index (χ2n) is 16.0. The van der Waals surface area contributed by atoms with Crippen LogP contribution in [-0.2, 0) is 18.3 Å². The first-order chi connectivity index (χ1) is 27.0. The molecular weight excluding hydrogens is 665 g/mol. The van der Waals surface area contributed by atoms with Crippen LogP contribution in [0.2, 0.25) is 0 Å². The molecular formula is C53H42N2. The third kappa shape index (κ3) is 4.94. The summed E-state index contributed by atoms with van der Waals surface area (Å²) < 4.78 is 2.43. The fourth-order valence-corrected chi connectivity index (χ4v) is 9.89. The number of para-hydroxylation sites is 2. The predicted molar refractivity (Wildman–Crippen MR) is 233 cm³/mol. The third-order valence-electron chi connectivity index (χ3n) is 12.5. The van der Waals surface area contributed by atoms with E-state index in [1.165, 1.54) is 95.6 Å². The Morgan fingerprint density at radius 2 is 1.18 bits per heavy atom. The van der Waals surface area contributed by atoms with E-state index in [2.05, 4.69) is 193 Å². The average Bonchev–Trinajstić information content (AvgIpc) is 3.69. The molecule has 0 N–H and O–H groups in total. The second-order valence-corrected chi connectivity index (χ2v) is 16.0. The molecule has 11 rings (SSSR count). The Labute approximate surface area is 322 Å². The van der Waals surface area contributed by atoms with Crippen LogP contribution in [-0.4, -0.2) is 4.57 Å². The van der Waals surface area contributed by atoms with Crippen LogP contribution < -0.4 is 4.90 Å². The van der Waals surface area contributed by atoms with Gasteiger partial charge in [-0.25, -0.2) is 0 Å². The number of benzene rings is 8. The van der Waals surface area contributed by atoms with Crippen LogP contribution in [0.25, 0.3) is 60.5 Å². The van der Waals surface area contributed by atoms with Crippen LogP contribution >= 0.6 is 0 Å². The zero-order valence-electron chi connectivity index (χ0n) is 31.4. The zero-order valence-corrected chi connectivity index (χ0v) is 31.4. The molecule has 0 fully saturated rings. The third-order valence-corrected chi connectivity index (χ3v) is 12.5. The Kier molecular flexibility index (Phi) is 7.19. The zero-order chi connectivity index (χ0) is 36.7. The van der Waals surface area contributed by atoms with Gasteiger partial charge in [0, 0.05) is 38.9 Å². The number of nitrogens with zero attached hydrogens (tertiary/aromatic N) is 2. The quantitative estimate of drug-likeness (QED) is 0.173. The van der Waals surface area contributed by atoms with Crippen LogP contribution in [0.3, 0.4) is 0 Å². The van der Waals surface area contributed by atoms with Gasteiger partial charge in [-0.2, -0.15) is 0 Å². The van der Waals surface area contributed by atoms with Gasteiger partial charge in [-0.05, 0) is 136 Å². The smallest absolute Gasteiger partial charge is 0.0561 e. The van der Waals surface area contributed by atoms with Crippen molar-refractivity contribution < 1.29 is 0 Å². The molecule has 0 amide bonds. The van der Waals surface area contributed by atoms with Crippen molar-refractivity contribution in [2.75, 3.05) is 4.90 Å². The van der Waals surface area contributed by atoms with Crippen molar-refractivity contribution in [2.45, 2.75) is 44.9 Å². The molecule has 0 atom stereocenters. The molecule has 0 radical (unpaired) electrons. The minimum Gasteiger partial charge on any atom is -0.310 e. The standard InChI is InChI=1S/C53H42N2/c1-53(2)48-25-12-10-23-46(48)52-47(43-24-14-18-36-16-8-9-21-42(36)43)32-41(33-49(52)53)54(39-28-27-35-15-6-7-17-37(35)31-39)40-29-30-45-44-22-11-13-26-50(44)55(51(45)34-40)38-19-4-3-5-20-38/h3-7,10-15,17-20,22-34H,8-9,16,21H2,1-2H3. The summed E-state index contributed by atoms with van der Waals surface area (Å²) in [5.74, 6) is 0.